The molecule has 2 heterocycles. The van der Waals surface area contributed by atoms with E-state index >= 15 is 0 Å². The van der Waals surface area contributed by atoms with Crippen LogP contribution in [0.4, 0.5) is 10.5 Å². The van der Waals surface area contributed by atoms with Crippen molar-refractivity contribution in [3.63, 3.8) is 0 Å². The van der Waals surface area contributed by atoms with Crippen LogP contribution in [-0.2, 0) is 4.79 Å². The summed E-state index contributed by atoms with van der Waals surface area (Å²) in [5.74, 6) is 0.665. The molecule has 1 spiro atoms. The fourth-order valence-electron chi connectivity index (χ4n) is 6.11. The molecule has 2 saturated heterocycles. The number of benzene rings is 1. The van der Waals surface area contributed by atoms with Crippen LogP contribution in [0.15, 0.2) is 24.3 Å². The van der Waals surface area contributed by atoms with E-state index in [0.29, 0.717) is 10.9 Å². The van der Waals surface area contributed by atoms with Gasteiger partial charge in [0.2, 0.25) is 5.91 Å². The van der Waals surface area contributed by atoms with Gasteiger partial charge in [0.05, 0.1) is 5.41 Å². The van der Waals surface area contributed by atoms with E-state index in [1.54, 1.807) is 17.0 Å². The molecule has 2 atom stereocenters. The maximum Gasteiger partial charge on any atom is 0.321 e. The number of nitrogens with one attached hydrogen (secondary N) is 1. The highest BCUT2D eigenvalue weighted by Gasteiger charge is 2.64. The molecule has 3 aliphatic rings. The van der Waals surface area contributed by atoms with Crippen molar-refractivity contribution in [2.24, 2.45) is 16.7 Å². The third-order valence-corrected chi connectivity index (χ3v) is 7.71. The van der Waals surface area contributed by atoms with E-state index in [9.17, 15) is 9.59 Å². The Morgan fingerprint density at radius 3 is 2.55 bits per heavy atom. The SMILES string of the molecule is CN1C[C@@H]2C3(CCN(C(=O)Nc4cccc(Cl)c4)CC3)CC[C@]2(C(=O)N(C)C)C1. The lowest BCUT2D eigenvalue weighted by molar-refractivity contribution is -0.141. The van der Waals surface area contributed by atoms with Crippen molar-refractivity contribution < 1.29 is 9.59 Å². The highest BCUT2D eigenvalue weighted by molar-refractivity contribution is 6.30. The number of amides is 3. The van der Waals surface area contributed by atoms with Crippen molar-refractivity contribution in [2.45, 2.75) is 25.7 Å². The van der Waals surface area contributed by atoms with E-state index in [1.165, 1.54) is 0 Å². The molecule has 0 bridgehead atoms. The van der Waals surface area contributed by atoms with Crippen LogP contribution < -0.4 is 5.32 Å². The molecule has 1 N–H and O–H groups in total. The first kappa shape index (κ1) is 20.5. The zero-order chi connectivity index (χ0) is 20.8. The number of likely N-dealkylation sites (tertiary alicyclic amines) is 2. The van der Waals surface area contributed by atoms with E-state index < -0.39 is 0 Å². The van der Waals surface area contributed by atoms with Crippen LogP contribution in [0.1, 0.15) is 25.7 Å². The van der Waals surface area contributed by atoms with Gasteiger partial charge >= 0.3 is 6.03 Å². The first-order valence-corrected chi connectivity index (χ1v) is 10.9. The van der Waals surface area contributed by atoms with E-state index in [-0.39, 0.29) is 22.8 Å². The Hall–Kier alpha value is -1.79. The molecule has 3 fully saturated rings. The average Bonchev–Trinajstić information content (AvgIpc) is 3.17. The molecule has 2 aliphatic heterocycles. The standard InChI is InChI=1S/C22H31ClN4O2/c1-25(2)19(28)22-8-7-21(18(22)14-26(3)15-22)9-11-27(12-10-21)20(29)24-17-6-4-5-16(23)13-17/h4-6,13,18H,7-12,14-15H2,1-3H3,(H,24,29)/t18-,22+/m1/s1. The third-order valence-electron chi connectivity index (χ3n) is 7.48. The van der Waals surface area contributed by atoms with Crippen LogP contribution in [-0.4, -0.2) is 74.0 Å². The first-order valence-electron chi connectivity index (χ1n) is 10.5. The molecule has 4 rings (SSSR count). The van der Waals surface area contributed by atoms with Gasteiger partial charge in [-0.05, 0) is 62.3 Å². The summed E-state index contributed by atoms with van der Waals surface area (Å²) in [7, 11) is 5.88. The number of rotatable bonds is 2. The molecule has 158 valence electrons. The number of carbonyl (C=O) groups is 2. The molecule has 0 unspecified atom stereocenters. The Morgan fingerprint density at radius 2 is 1.90 bits per heavy atom. The highest BCUT2D eigenvalue weighted by Crippen LogP contribution is 2.62. The number of piperidine rings is 1. The summed E-state index contributed by atoms with van der Waals surface area (Å²) >= 11 is 6.02. The average molecular weight is 419 g/mol. The van der Waals surface area contributed by atoms with Crippen LogP contribution >= 0.6 is 11.6 Å². The van der Waals surface area contributed by atoms with Crippen LogP contribution in [0.5, 0.6) is 0 Å². The lowest BCUT2D eigenvalue weighted by atomic mass is 9.65. The van der Waals surface area contributed by atoms with Gasteiger partial charge in [-0.3, -0.25) is 4.79 Å². The molecule has 1 saturated carbocycles. The Morgan fingerprint density at radius 1 is 1.17 bits per heavy atom. The topological polar surface area (TPSA) is 55.9 Å². The number of hydrogen-bond donors (Lipinski definition) is 1. The summed E-state index contributed by atoms with van der Waals surface area (Å²) in [6.07, 6.45) is 4.00. The molecule has 3 amide bonds. The molecule has 0 aromatic heterocycles. The summed E-state index contributed by atoms with van der Waals surface area (Å²) in [5, 5.41) is 3.57. The Labute approximate surface area is 178 Å². The predicted octanol–water partition coefficient (Wildman–Crippen LogP) is 3.38. The summed E-state index contributed by atoms with van der Waals surface area (Å²) in [6, 6.07) is 7.17. The number of hydrogen-bond acceptors (Lipinski definition) is 3. The molecule has 1 aliphatic carbocycles. The van der Waals surface area contributed by atoms with Crippen LogP contribution in [0.2, 0.25) is 5.02 Å². The molecule has 0 radical (unpaired) electrons. The molecule has 1 aromatic rings. The Kier molecular flexibility index (Phi) is 5.28. The van der Waals surface area contributed by atoms with Crippen molar-refractivity contribution in [2.75, 3.05) is 52.6 Å². The van der Waals surface area contributed by atoms with Crippen molar-refractivity contribution in [3.05, 3.63) is 29.3 Å². The Bertz CT molecular complexity index is 806. The number of nitrogens with zero attached hydrogens (tertiary/aromatic N) is 3. The zero-order valence-corrected chi connectivity index (χ0v) is 18.3. The monoisotopic (exact) mass is 418 g/mol. The second kappa shape index (κ2) is 7.47. The van der Waals surface area contributed by atoms with E-state index in [0.717, 1.165) is 57.5 Å². The van der Waals surface area contributed by atoms with E-state index in [4.69, 9.17) is 11.6 Å². The largest absolute Gasteiger partial charge is 0.348 e. The molecular weight excluding hydrogens is 388 g/mol. The van der Waals surface area contributed by atoms with Gasteiger partial charge in [-0.2, -0.15) is 0 Å². The van der Waals surface area contributed by atoms with Gasteiger partial charge in [0.25, 0.3) is 0 Å². The highest BCUT2D eigenvalue weighted by atomic mass is 35.5. The lowest BCUT2D eigenvalue weighted by Crippen LogP contribution is -2.50. The number of halogens is 1. The molecule has 29 heavy (non-hydrogen) atoms. The Balaban J connectivity index is 1.45. The number of anilines is 1. The maximum atomic E-state index is 13.1. The predicted molar refractivity (Wildman–Crippen MR) is 115 cm³/mol. The summed E-state index contributed by atoms with van der Waals surface area (Å²) in [4.78, 5) is 31.9. The van der Waals surface area contributed by atoms with E-state index in [1.807, 2.05) is 31.1 Å². The summed E-state index contributed by atoms with van der Waals surface area (Å²) in [6.45, 7) is 3.31. The smallest absolute Gasteiger partial charge is 0.321 e. The van der Waals surface area contributed by atoms with Crippen LogP contribution in [0.3, 0.4) is 0 Å². The minimum Gasteiger partial charge on any atom is -0.348 e. The second-order valence-electron chi connectivity index (χ2n) is 9.39. The minimum absolute atomic E-state index is 0.0701. The first-order chi connectivity index (χ1) is 13.8. The van der Waals surface area contributed by atoms with Gasteiger partial charge < -0.3 is 20.0 Å². The fraction of sp³-hybridized carbons (Fsp3) is 0.636. The second-order valence-corrected chi connectivity index (χ2v) is 9.83. The third kappa shape index (κ3) is 3.50. The minimum atomic E-state index is -0.247. The van der Waals surface area contributed by atoms with Gasteiger partial charge in [-0.25, -0.2) is 4.79 Å². The van der Waals surface area contributed by atoms with Gasteiger partial charge in [-0.15, -0.1) is 0 Å². The maximum absolute atomic E-state index is 13.1. The van der Waals surface area contributed by atoms with Crippen molar-refractivity contribution >= 4 is 29.2 Å². The number of urea groups is 1. The summed E-state index contributed by atoms with van der Waals surface area (Å²) < 4.78 is 0. The number of carbonyl (C=O) groups excluding carboxylic acids is 2. The molecular formula is C22H31ClN4O2. The van der Waals surface area contributed by atoms with Crippen molar-refractivity contribution in [1.29, 1.82) is 0 Å². The summed E-state index contributed by atoms with van der Waals surface area (Å²) in [5.41, 5.74) is 0.642. The zero-order valence-electron chi connectivity index (χ0n) is 17.6. The van der Waals surface area contributed by atoms with Crippen molar-refractivity contribution in [3.8, 4) is 0 Å². The van der Waals surface area contributed by atoms with Gasteiger partial charge in [0.1, 0.15) is 0 Å². The van der Waals surface area contributed by atoms with Gasteiger partial charge in [0.15, 0.2) is 0 Å². The molecule has 1 aromatic carbocycles. The number of fused-ring (bicyclic) bond motifs is 2. The van der Waals surface area contributed by atoms with Gasteiger partial charge in [-0.1, -0.05) is 17.7 Å². The molecule has 6 nitrogen and oxygen atoms in total. The normalized spacial score (nSPS) is 28.4. The quantitative estimate of drug-likeness (QED) is 0.800. The van der Waals surface area contributed by atoms with Crippen molar-refractivity contribution in [1.82, 2.24) is 14.7 Å². The fourth-order valence-corrected chi connectivity index (χ4v) is 6.30. The lowest BCUT2D eigenvalue weighted by Gasteiger charge is -2.44. The van der Waals surface area contributed by atoms with Crippen LogP contribution in [0.25, 0.3) is 0 Å². The van der Waals surface area contributed by atoms with Crippen LogP contribution in [0, 0.1) is 16.7 Å². The van der Waals surface area contributed by atoms with Gasteiger partial charge in [0, 0.05) is 51.0 Å². The van der Waals surface area contributed by atoms with E-state index in [2.05, 4.69) is 17.3 Å². The molecule has 7 heteroatoms.